The molecule has 2 aliphatic heterocycles. The minimum Gasteiger partial charge on any atom is -0.490 e. The predicted molar refractivity (Wildman–Crippen MR) is 148 cm³/mol. The molecule has 0 aromatic heterocycles. The highest BCUT2D eigenvalue weighted by atomic mass is 35.5. The van der Waals surface area contributed by atoms with Crippen LogP contribution in [0.15, 0.2) is 66.7 Å². The molecule has 5 rings (SSSR count). The molecule has 0 aliphatic carbocycles. The first-order chi connectivity index (χ1) is 19.3. The van der Waals surface area contributed by atoms with Gasteiger partial charge in [-0.1, -0.05) is 23.7 Å². The Bertz CT molecular complexity index is 1420. The van der Waals surface area contributed by atoms with Crippen molar-refractivity contribution in [2.45, 2.75) is 44.1 Å². The van der Waals surface area contributed by atoms with Crippen LogP contribution in [0.1, 0.15) is 45.5 Å². The van der Waals surface area contributed by atoms with Crippen molar-refractivity contribution >= 4 is 35.0 Å². The van der Waals surface area contributed by atoms with Gasteiger partial charge in [0.05, 0.1) is 24.1 Å². The lowest BCUT2D eigenvalue weighted by Crippen LogP contribution is -2.53. The molecule has 0 bridgehead atoms. The number of rotatable bonds is 6. The second-order valence-electron chi connectivity index (χ2n) is 9.95. The highest BCUT2D eigenvalue weighted by molar-refractivity contribution is 6.30. The van der Waals surface area contributed by atoms with Gasteiger partial charge in [-0.15, -0.1) is 0 Å². The smallest absolute Gasteiger partial charge is 0.257 e. The summed E-state index contributed by atoms with van der Waals surface area (Å²) in [5.74, 6) is -0.726. The number of hydrogen-bond donors (Lipinski definition) is 2. The van der Waals surface area contributed by atoms with Crippen molar-refractivity contribution in [2.75, 3.05) is 19.0 Å². The average molecular weight is 566 g/mol. The van der Waals surface area contributed by atoms with Crippen molar-refractivity contribution in [1.82, 2.24) is 10.2 Å². The number of likely N-dealkylation sites (N-methyl/N-ethyl adjacent to an activating group) is 1. The number of carbonyl (C=O) groups is 3. The molecule has 208 valence electrons. The van der Waals surface area contributed by atoms with E-state index in [1.165, 1.54) is 12.1 Å². The molecule has 0 saturated carbocycles. The van der Waals surface area contributed by atoms with Gasteiger partial charge in [-0.05, 0) is 73.0 Å². The Labute approximate surface area is 236 Å². The second-order valence-corrected chi connectivity index (χ2v) is 10.4. The maximum absolute atomic E-state index is 13.5. The second kappa shape index (κ2) is 12.1. The first kappa shape index (κ1) is 27.6. The van der Waals surface area contributed by atoms with E-state index >= 15 is 0 Å². The first-order valence-corrected chi connectivity index (χ1v) is 13.4. The van der Waals surface area contributed by atoms with E-state index in [0.717, 1.165) is 0 Å². The van der Waals surface area contributed by atoms with Crippen molar-refractivity contribution in [3.05, 3.63) is 94.3 Å². The molecule has 40 heavy (non-hydrogen) atoms. The highest BCUT2D eigenvalue weighted by Crippen LogP contribution is 2.32. The van der Waals surface area contributed by atoms with E-state index in [9.17, 15) is 18.8 Å². The summed E-state index contributed by atoms with van der Waals surface area (Å²) < 4.78 is 25.6. The number of fused-ring (bicyclic) bond motifs is 2. The van der Waals surface area contributed by atoms with Crippen LogP contribution < -0.4 is 15.4 Å². The topological polar surface area (TPSA) is 97.0 Å². The fraction of sp³-hybridized carbons (Fsp3) is 0.300. The van der Waals surface area contributed by atoms with Crippen LogP contribution in [-0.4, -0.2) is 54.5 Å². The molecule has 8 nitrogen and oxygen atoms in total. The lowest BCUT2D eigenvalue weighted by atomic mass is 9.94. The summed E-state index contributed by atoms with van der Waals surface area (Å²) in [7, 11) is 1.73. The quantitative estimate of drug-likeness (QED) is 0.447. The Morgan fingerprint density at radius 2 is 1.88 bits per heavy atom. The first-order valence-electron chi connectivity index (χ1n) is 13.0. The van der Waals surface area contributed by atoms with Gasteiger partial charge in [0, 0.05) is 29.9 Å². The van der Waals surface area contributed by atoms with E-state index in [2.05, 4.69) is 10.6 Å². The molecule has 10 heteroatoms. The van der Waals surface area contributed by atoms with E-state index in [4.69, 9.17) is 21.1 Å². The van der Waals surface area contributed by atoms with Crippen LogP contribution in [0.25, 0.3) is 0 Å². The number of amides is 3. The van der Waals surface area contributed by atoms with Crippen molar-refractivity contribution in [1.29, 1.82) is 0 Å². The van der Waals surface area contributed by atoms with Crippen molar-refractivity contribution < 1.29 is 28.2 Å². The van der Waals surface area contributed by atoms with Gasteiger partial charge in [0.1, 0.15) is 24.3 Å². The van der Waals surface area contributed by atoms with Crippen molar-refractivity contribution in [3.8, 4) is 5.75 Å². The van der Waals surface area contributed by atoms with Gasteiger partial charge in [-0.3, -0.25) is 14.4 Å². The third-order valence-electron chi connectivity index (χ3n) is 7.17. The fourth-order valence-corrected chi connectivity index (χ4v) is 5.16. The largest absolute Gasteiger partial charge is 0.490 e. The molecule has 1 fully saturated rings. The Morgan fingerprint density at radius 3 is 2.65 bits per heavy atom. The van der Waals surface area contributed by atoms with Crippen LogP contribution in [0.4, 0.5) is 10.1 Å². The number of carbonyl (C=O) groups excluding carboxylic acids is 3. The van der Waals surface area contributed by atoms with Crippen LogP contribution in [0.3, 0.4) is 0 Å². The van der Waals surface area contributed by atoms with Crippen molar-refractivity contribution in [2.24, 2.45) is 0 Å². The number of ether oxygens (including phenoxy) is 2. The number of hydrogen-bond acceptors (Lipinski definition) is 5. The summed E-state index contributed by atoms with van der Waals surface area (Å²) >= 11 is 5.91. The van der Waals surface area contributed by atoms with Crippen LogP contribution in [0.2, 0.25) is 5.02 Å². The van der Waals surface area contributed by atoms with Gasteiger partial charge >= 0.3 is 0 Å². The highest BCUT2D eigenvalue weighted by Gasteiger charge is 2.39. The molecule has 1 saturated heterocycles. The number of nitrogens with one attached hydrogen (secondary N) is 2. The van der Waals surface area contributed by atoms with Gasteiger partial charge in [0.25, 0.3) is 11.8 Å². The summed E-state index contributed by atoms with van der Waals surface area (Å²) in [6.07, 6.45) is 0.645. The number of benzene rings is 3. The van der Waals surface area contributed by atoms with E-state index in [1.54, 1.807) is 66.5 Å². The molecule has 3 aromatic carbocycles. The third-order valence-corrected chi connectivity index (χ3v) is 7.42. The van der Waals surface area contributed by atoms with Gasteiger partial charge < -0.3 is 25.0 Å². The summed E-state index contributed by atoms with van der Waals surface area (Å²) in [5.41, 5.74) is 1.92. The number of nitrogens with zero attached hydrogens (tertiary/aromatic N) is 1. The molecule has 2 N–H and O–H groups in total. The SMILES string of the molecule is CN1C(=O)c2cc(NC(=O)c3ccc(Cl)cc3)ccc2OC[C@H]2O[C@H](CC(=O)NCc3cccc(F)c3)CC[C@H]21. The van der Waals surface area contributed by atoms with Crippen LogP contribution in [0.5, 0.6) is 5.75 Å². The Balaban J connectivity index is 1.21. The molecule has 0 radical (unpaired) electrons. The molecule has 3 atom stereocenters. The molecule has 3 amide bonds. The van der Waals surface area contributed by atoms with Crippen LogP contribution >= 0.6 is 11.6 Å². The fourth-order valence-electron chi connectivity index (χ4n) is 5.04. The van der Waals surface area contributed by atoms with Gasteiger partial charge in [-0.25, -0.2) is 4.39 Å². The predicted octanol–water partition coefficient (Wildman–Crippen LogP) is 4.82. The lowest BCUT2D eigenvalue weighted by molar-refractivity contribution is -0.134. The zero-order valence-electron chi connectivity index (χ0n) is 21.9. The van der Waals surface area contributed by atoms with Gasteiger partial charge in [0.15, 0.2) is 0 Å². The molecule has 3 aromatic rings. The third kappa shape index (κ3) is 6.43. The molecule has 0 unspecified atom stereocenters. The molecule has 0 spiro atoms. The lowest BCUT2D eigenvalue weighted by Gasteiger charge is -2.42. The van der Waals surface area contributed by atoms with E-state index in [0.29, 0.717) is 46.0 Å². The monoisotopic (exact) mass is 565 g/mol. The van der Waals surface area contributed by atoms with E-state index in [1.807, 2.05) is 0 Å². The Kier molecular flexibility index (Phi) is 8.32. The molecular formula is C30H29ClFN3O5. The standard InChI is InChI=1S/C30H29ClFN3O5/c1-35-25-11-10-23(15-28(36)33-16-18-3-2-4-21(32)13-18)40-27(25)17-39-26-12-9-22(14-24(26)30(35)38)34-29(37)19-5-7-20(31)8-6-19/h2-9,12-14,23,25,27H,10-11,15-17H2,1H3,(H,33,36)(H,34,37)/t23-,25+,27+/m0/s1. The summed E-state index contributed by atoms with van der Waals surface area (Å²) in [6, 6.07) is 17.3. The Morgan fingerprint density at radius 1 is 1.07 bits per heavy atom. The van der Waals surface area contributed by atoms with Gasteiger partial charge in [-0.2, -0.15) is 0 Å². The number of halogens is 2. The number of anilines is 1. The zero-order chi connectivity index (χ0) is 28.2. The minimum atomic E-state index is -0.416. The summed E-state index contributed by atoms with van der Waals surface area (Å²) in [6.45, 7) is 0.432. The normalized spacial score (nSPS) is 20.3. The van der Waals surface area contributed by atoms with Crippen LogP contribution in [-0.2, 0) is 16.1 Å². The van der Waals surface area contributed by atoms with Crippen LogP contribution in [0, 0.1) is 5.82 Å². The molecule has 2 aliphatic rings. The zero-order valence-corrected chi connectivity index (χ0v) is 22.6. The van der Waals surface area contributed by atoms with Gasteiger partial charge in [0.2, 0.25) is 5.91 Å². The maximum atomic E-state index is 13.5. The maximum Gasteiger partial charge on any atom is 0.257 e. The summed E-state index contributed by atoms with van der Waals surface area (Å²) in [4.78, 5) is 40.3. The van der Waals surface area contributed by atoms with E-state index < -0.39 is 6.10 Å². The van der Waals surface area contributed by atoms with E-state index in [-0.39, 0.29) is 55.3 Å². The Hall–Kier alpha value is -3.95. The summed E-state index contributed by atoms with van der Waals surface area (Å²) in [5, 5.41) is 6.16. The molecular weight excluding hydrogens is 537 g/mol. The average Bonchev–Trinajstić information content (AvgIpc) is 2.94. The minimum absolute atomic E-state index is 0.156. The van der Waals surface area contributed by atoms with Crippen molar-refractivity contribution in [3.63, 3.8) is 0 Å². The molecule has 2 heterocycles.